The van der Waals surface area contributed by atoms with E-state index in [4.69, 9.17) is 14.7 Å². The Labute approximate surface area is 208 Å². The molecule has 0 atom stereocenters. The van der Waals surface area contributed by atoms with Crippen molar-refractivity contribution in [2.75, 3.05) is 63.3 Å². The third kappa shape index (κ3) is 4.29. The van der Waals surface area contributed by atoms with Gasteiger partial charge in [0.1, 0.15) is 5.69 Å². The van der Waals surface area contributed by atoms with Crippen molar-refractivity contribution >= 4 is 39.0 Å². The Morgan fingerprint density at radius 2 is 1.83 bits per heavy atom. The number of aromatic nitrogens is 5. The first-order chi connectivity index (χ1) is 17.6. The molecule has 12 nitrogen and oxygen atoms in total. The van der Waals surface area contributed by atoms with Gasteiger partial charge in [-0.1, -0.05) is 12.1 Å². The molecule has 188 valence electrons. The zero-order chi connectivity index (χ0) is 24.6. The molecule has 4 aromatic rings. The smallest absolute Gasteiger partial charge is 0.274 e. The van der Waals surface area contributed by atoms with Crippen molar-refractivity contribution in [1.82, 2.24) is 34.4 Å². The average Bonchev–Trinajstić information content (AvgIpc) is 3.55. The Hall–Kier alpha value is -3.55. The molecular weight excluding hydrogens is 484 g/mol. The van der Waals surface area contributed by atoms with Crippen LogP contribution in [0, 0.1) is 0 Å². The van der Waals surface area contributed by atoms with Crippen LogP contribution in [-0.2, 0) is 15.4 Å². The number of ether oxygens (including phenoxy) is 1. The van der Waals surface area contributed by atoms with Gasteiger partial charge in [-0.2, -0.15) is 5.10 Å². The lowest BCUT2D eigenvalue weighted by Gasteiger charge is -2.33. The zero-order valence-corrected chi connectivity index (χ0v) is 20.4. The lowest BCUT2D eigenvalue weighted by atomic mass is 10.1. The summed E-state index contributed by atoms with van der Waals surface area (Å²) in [5, 5.41) is 8.14. The van der Waals surface area contributed by atoms with Crippen molar-refractivity contribution in [2.45, 2.75) is 0 Å². The lowest BCUT2D eigenvalue weighted by molar-refractivity contribution is 0.0652. The van der Waals surface area contributed by atoms with E-state index in [0.29, 0.717) is 69.6 Å². The summed E-state index contributed by atoms with van der Waals surface area (Å²) in [6.45, 7) is 4.51. The molecule has 5 heterocycles. The lowest BCUT2D eigenvalue weighted by Crippen LogP contribution is -2.49. The second kappa shape index (κ2) is 9.48. The number of carbonyl (C=O) groups excluding carboxylic acids is 1. The van der Waals surface area contributed by atoms with Crippen LogP contribution in [0.3, 0.4) is 0 Å². The van der Waals surface area contributed by atoms with Gasteiger partial charge in [-0.15, -0.1) is 0 Å². The van der Waals surface area contributed by atoms with Crippen LogP contribution >= 0.6 is 0 Å². The van der Waals surface area contributed by atoms with E-state index in [1.54, 1.807) is 17.3 Å². The number of aromatic amines is 1. The predicted octanol–water partition coefficient (Wildman–Crippen LogP) is 0.436. The maximum absolute atomic E-state index is 13.3. The minimum absolute atomic E-state index is 0.0203. The van der Waals surface area contributed by atoms with Crippen molar-refractivity contribution in [3.63, 3.8) is 0 Å². The van der Waals surface area contributed by atoms with Gasteiger partial charge in [0.25, 0.3) is 5.91 Å². The molecule has 0 bridgehead atoms. The fourth-order valence-electron chi connectivity index (χ4n) is 4.81. The average molecular weight is 511 g/mol. The molecule has 1 amide bonds. The summed E-state index contributed by atoms with van der Waals surface area (Å²) in [5.74, 6) is 0.558. The number of carbonyl (C=O) groups is 1. The van der Waals surface area contributed by atoms with Gasteiger partial charge in [0.15, 0.2) is 22.2 Å². The van der Waals surface area contributed by atoms with E-state index in [1.165, 1.54) is 0 Å². The molecule has 0 unspecified atom stereocenters. The van der Waals surface area contributed by atoms with E-state index in [2.05, 4.69) is 15.1 Å². The zero-order valence-electron chi connectivity index (χ0n) is 19.5. The Balaban J connectivity index is 1.37. The van der Waals surface area contributed by atoms with Crippen LogP contribution in [-0.4, -0.2) is 107 Å². The number of H-pyrrole nitrogens is 1. The number of hydrogen-bond donors (Lipinski definition) is 2. The standard InChI is InChI=1S/C23H26N8O4S/c32-23(30-6-4-28(5-7-30)15-36(33)34)20-14-31-13-19(16-2-1-3-18-17(16)12-24-27-18)25-21(22(31)26-20)29-8-10-35-11-9-29/h1-3,12-14,36H,4-11,15H2,(H,24,27). The second-order valence-corrected chi connectivity index (χ2v) is 9.88. The van der Waals surface area contributed by atoms with Crippen molar-refractivity contribution in [3.8, 4) is 11.3 Å². The summed E-state index contributed by atoms with van der Waals surface area (Å²) < 4.78 is 29.5. The predicted molar refractivity (Wildman–Crippen MR) is 134 cm³/mol. The molecule has 2 fully saturated rings. The number of nitrogens with one attached hydrogen (secondary N) is 1. The molecule has 0 saturated carbocycles. The summed E-state index contributed by atoms with van der Waals surface area (Å²) in [5.41, 5.74) is 3.57. The summed E-state index contributed by atoms with van der Waals surface area (Å²) in [6.07, 6.45) is 5.44. The number of nitrogens with zero attached hydrogens (tertiary/aromatic N) is 7. The maximum atomic E-state index is 13.3. The Kier molecular flexibility index (Phi) is 6.03. The number of anilines is 1. The van der Waals surface area contributed by atoms with Gasteiger partial charge in [0.05, 0.1) is 36.5 Å². The molecule has 6 rings (SSSR count). The van der Waals surface area contributed by atoms with E-state index >= 15 is 0 Å². The number of imidazole rings is 1. The molecule has 3 aromatic heterocycles. The molecule has 2 saturated heterocycles. The summed E-state index contributed by atoms with van der Waals surface area (Å²) in [4.78, 5) is 28.7. The number of thiol groups is 1. The molecule has 0 spiro atoms. The van der Waals surface area contributed by atoms with E-state index in [9.17, 15) is 13.2 Å². The van der Waals surface area contributed by atoms with Gasteiger partial charge in [0, 0.05) is 62.6 Å². The molecule has 36 heavy (non-hydrogen) atoms. The molecule has 1 N–H and O–H groups in total. The number of piperazine rings is 1. The van der Waals surface area contributed by atoms with E-state index in [1.807, 2.05) is 33.7 Å². The fraction of sp³-hybridized carbons (Fsp3) is 0.391. The van der Waals surface area contributed by atoms with Crippen LogP contribution in [0.15, 0.2) is 36.8 Å². The Bertz CT molecular complexity index is 1490. The molecule has 13 heteroatoms. The normalized spacial score (nSPS) is 17.5. The second-order valence-electron chi connectivity index (χ2n) is 8.93. The number of rotatable bonds is 5. The van der Waals surface area contributed by atoms with Crippen LogP contribution in [0.5, 0.6) is 0 Å². The summed E-state index contributed by atoms with van der Waals surface area (Å²) in [7, 11) is -2.47. The quantitative estimate of drug-likeness (QED) is 0.367. The van der Waals surface area contributed by atoms with Gasteiger partial charge >= 0.3 is 0 Å². The first-order valence-corrected chi connectivity index (χ1v) is 13.2. The number of fused-ring (bicyclic) bond motifs is 2. The molecule has 2 aliphatic heterocycles. The van der Waals surface area contributed by atoms with Gasteiger partial charge < -0.3 is 18.9 Å². The molecule has 2 aliphatic rings. The van der Waals surface area contributed by atoms with Crippen LogP contribution in [0.2, 0.25) is 0 Å². The fourth-order valence-corrected chi connectivity index (χ4v) is 5.42. The highest BCUT2D eigenvalue weighted by molar-refractivity contribution is 7.72. The first kappa shape index (κ1) is 22.9. The van der Waals surface area contributed by atoms with Crippen LogP contribution in [0.4, 0.5) is 5.82 Å². The topological polar surface area (TPSA) is 129 Å². The highest BCUT2D eigenvalue weighted by atomic mass is 32.2. The third-order valence-corrected chi connectivity index (χ3v) is 7.32. The van der Waals surface area contributed by atoms with Crippen LogP contribution in [0.25, 0.3) is 27.8 Å². The van der Waals surface area contributed by atoms with Gasteiger partial charge in [-0.3, -0.25) is 14.8 Å². The van der Waals surface area contributed by atoms with Crippen molar-refractivity contribution in [2.24, 2.45) is 0 Å². The molecular formula is C23H26N8O4S. The SMILES string of the molecule is O=C(c1cn2cc(-c3cccc4[nH]ncc34)nc(N3CCOCC3)c2n1)N1CCN(C[SH](=O)=O)CC1. The van der Waals surface area contributed by atoms with E-state index < -0.39 is 10.7 Å². The highest BCUT2D eigenvalue weighted by Crippen LogP contribution is 2.30. The third-order valence-electron chi connectivity index (χ3n) is 6.69. The van der Waals surface area contributed by atoms with Gasteiger partial charge in [-0.05, 0) is 6.07 Å². The molecule has 1 aromatic carbocycles. The largest absolute Gasteiger partial charge is 0.378 e. The number of amides is 1. The number of benzene rings is 1. The van der Waals surface area contributed by atoms with E-state index in [-0.39, 0.29) is 11.8 Å². The van der Waals surface area contributed by atoms with Crippen molar-refractivity contribution in [3.05, 3.63) is 42.5 Å². The summed E-state index contributed by atoms with van der Waals surface area (Å²) >= 11 is 0. The number of hydrogen-bond acceptors (Lipinski definition) is 9. The molecule has 0 radical (unpaired) electrons. The minimum Gasteiger partial charge on any atom is -0.378 e. The van der Waals surface area contributed by atoms with Gasteiger partial charge in [-0.25, -0.2) is 18.4 Å². The Morgan fingerprint density at radius 3 is 2.61 bits per heavy atom. The van der Waals surface area contributed by atoms with Crippen LogP contribution < -0.4 is 4.90 Å². The van der Waals surface area contributed by atoms with Crippen molar-refractivity contribution < 1.29 is 17.9 Å². The number of morpholine rings is 1. The highest BCUT2D eigenvalue weighted by Gasteiger charge is 2.26. The Morgan fingerprint density at radius 1 is 1.03 bits per heavy atom. The van der Waals surface area contributed by atoms with Gasteiger partial charge in [0.2, 0.25) is 0 Å². The van der Waals surface area contributed by atoms with E-state index in [0.717, 1.165) is 22.2 Å². The monoisotopic (exact) mass is 510 g/mol. The molecule has 0 aliphatic carbocycles. The summed E-state index contributed by atoms with van der Waals surface area (Å²) in [6, 6.07) is 5.94. The maximum Gasteiger partial charge on any atom is 0.274 e. The first-order valence-electron chi connectivity index (χ1n) is 11.8. The minimum atomic E-state index is -2.47. The van der Waals surface area contributed by atoms with Crippen LogP contribution in [0.1, 0.15) is 10.5 Å². The van der Waals surface area contributed by atoms with Crippen molar-refractivity contribution in [1.29, 1.82) is 0 Å².